The summed E-state index contributed by atoms with van der Waals surface area (Å²) in [6.45, 7) is 1.81. The van der Waals surface area contributed by atoms with Gasteiger partial charge >= 0.3 is 0 Å². The standard InChI is InChI=1S/C10H11Cl2NO/c1-3-10(14)13(2)9-5-7(11)4-8(12)6-9/h4-6H,3H2,1-2H3. The van der Waals surface area contributed by atoms with Crippen molar-refractivity contribution in [3.63, 3.8) is 0 Å². The lowest BCUT2D eigenvalue weighted by molar-refractivity contribution is -0.118. The molecule has 0 radical (unpaired) electrons. The number of hydrogen-bond donors (Lipinski definition) is 0. The predicted molar refractivity (Wildman–Crippen MR) is 60.2 cm³/mol. The molecule has 1 aromatic rings. The Kier molecular flexibility index (Phi) is 3.78. The number of halogens is 2. The molecule has 0 N–H and O–H groups in total. The van der Waals surface area contributed by atoms with Crippen molar-refractivity contribution in [2.45, 2.75) is 13.3 Å². The van der Waals surface area contributed by atoms with Gasteiger partial charge < -0.3 is 4.90 Å². The van der Waals surface area contributed by atoms with Crippen molar-refractivity contribution in [2.75, 3.05) is 11.9 Å². The summed E-state index contributed by atoms with van der Waals surface area (Å²) in [5.41, 5.74) is 0.717. The number of hydrogen-bond acceptors (Lipinski definition) is 1. The first-order chi connectivity index (χ1) is 6.54. The molecule has 0 aromatic heterocycles. The van der Waals surface area contributed by atoms with E-state index in [9.17, 15) is 4.79 Å². The van der Waals surface area contributed by atoms with Gasteiger partial charge in [-0.05, 0) is 18.2 Å². The molecule has 4 heteroatoms. The Morgan fingerprint density at radius 2 is 1.79 bits per heavy atom. The van der Waals surface area contributed by atoms with Crippen molar-refractivity contribution in [3.8, 4) is 0 Å². The zero-order valence-electron chi connectivity index (χ0n) is 8.05. The van der Waals surface area contributed by atoms with E-state index in [0.717, 1.165) is 0 Å². The van der Waals surface area contributed by atoms with E-state index < -0.39 is 0 Å². The maximum absolute atomic E-state index is 11.4. The Hall–Kier alpha value is -0.730. The smallest absolute Gasteiger partial charge is 0.226 e. The van der Waals surface area contributed by atoms with Gasteiger partial charge in [0.05, 0.1) is 0 Å². The molecule has 1 rings (SSSR count). The monoisotopic (exact) mass is 231 g/mol. The van der Waals surface area contributed by atoms with Gasteiger partial charge in [0.25, 0.3) is 0 Å². The van der Waals surface area contributed by atoms with Crippen LogP contribution in [0.4, 0.5) is 5.69 Å². The molecule has 2 nitrogen and oxygen atoms in total. The first-order valence-corrected chi connectivity index (χ1v) is 5.03. The zero-order valence-corrected chi connectivity index (χ0v) is 9.56. The number of anilines is 1. The van der Waals surface area contributed by atoms with Crippen LogP contribution in [0.25, 0.3) is 0 Å². The molecule has 0 saturated heterocycles. The van der Waals surface area contributed by atoms with Crippen LogP contribution in [0.2, 0.25) is 10.0 Å². The fraction of sp³-hybridized carbons (Fsp3) is 0.300. The highest BCUT2D eigenvalue weighted by atomic mass is 35.5. The van der Waals surface area contributed by atoms with Gasteiger partial charge in [0.2, 0.25) is 5.91 Å². The van der Waals surface area contributed by atoms with Crippen molar-refractivity contribution in [1.82, 2.24) is 0 Å². The van der Waals surface area contributed by atoms with Crippen LogP contribution in [-0.2, 0) is 4.79 Å². The zero-order chi connectivity index (χ0) is 10.7. The van der Waals surface area contributed by atoms with Crippen LogP contribution in [0.3, 0.4) is 0 Å². The minimum absolute atomic E-state index is 0.0309. The third kappa shape index (κ3) is 2.63. The maximum atomic E-state index is 11.4. The van der Waals surface area contributed by atoms with Crippen molar-refractivity contribution in [1.29, 1.82) is 0 Å². The lowest BCUT2D eigenvalue weighted by Crippen LogP contribution is -2.24. The molecular formula is C10H11Cl2NO. The normalized spacial score (nSPS) is 10.0. The Bertz CT molecular complexity index is 332. The van der Waals surface area contributed by atoms with E-state index in [1.807, 2.05) is 6.92 Å². The fourth-order valence-electron chi connectivity index (χ4n) is 1.11. The number of benzene rings is 1. The van der Waals surface area contributed by atoms with Crippen LogP contribution in [0.1, 0.15) is 13.3 Å². The highest BCUT2D eigenvalue weighted by molar-refractivity contribution is 6.35. The van der Waals surface area contributed by atoms with Crippen molar-refractivity contribution < 1.29 is 4.79 Å². The van der Waals surface area contributed by atoms with Crippen LogP contribution in [0, 0.1) is 0 Å². The summed E-state index contributed by atoms with van der Waals surface area (Å²) in [5, 5.41) is 1.06. The topological polar surface area (TPSA) is 20.3 Å². The van der Waals surface area contributed by atoms with Gasteiger partial charge in [0, 0.05) is 29.2 Å². The van der Waals surface area contributed by atoms with Gasteiger partial charge in [-0.1, -0.05) is 30.1 Å². The Labute approximate surface area is 93.4 Å². The molecule has 1 amide bonds. The van der Waals surface area contributed by atoms with Gasteiger partial charge in [-0.2, -0.15) is 0 Å². The third-order valence-electron chi connectivity index (χ3n) is 1.91. The molecule has 0 aliphatic carbocycles. The fourth-order valence-corrected chi connectivity index (χ4v) is 1.63. The predicted octanol–water partition coefficient (Wildman–Crippen LogP) is 3.37. The molecule has 0 unspecified atom stereocenters. The molecule has 76 valence electrons. The second-order valence-electron chi connectivity index (χ2n) is 2.93. The SMILES string of the molecule is CCC(=O)N(C)c1cc(Cl)cc(Cl)c1. The summed E-state index contributed by atoms with van der Waals surface area (Å²) < 4.78 is 0. The van der Waals surface area contributed by atoms with Gasteiger partial charge in [0.15, 0.2) is 0 Å². The maximum Gasteiger partial charge on any atom is 0.226 e. The number of amides is 1. The van der Waals surface area contributed by atoms with Crippen molar-refractivity contribution in [3.05, 3.63) is 28.2 Å². The molecule has 0 spiro atoms. The quantitative estimate of drug-likeness (QED) is 0.765. The molecular weight excluding hydrogens is 221 g/mol. The summed E-state index contributed by atoms with van der Waals surface area (Å²) in [6, 6.07) is 5.05. The first-order valence-electron chi connectivity index (χ1n) is 4.27. The second kappa shape index (κ2) is 4.67. The average molecular weight is 232 g/mol. The van der Waals surface area contributed by atoms with Crippen LogP contribution in [0.15, 0.2) is 18.2 Å². The summed E-state index contributed by atoms with van der Waals surface area (Å²) in [5.74, 6) is 0.0309. The summed E-state index contributed by atoms with van der Waals surface area (Å²) in [6.07, 6.45) is 0.459. The summed E-state index contributed by atoms with van der Waals surface area (Å²) in [7, 11) is 1.70. The van der Waals surface area contributed by atoms with Gasteiger partial charge in [-0.3, -0.25) is 4.79 Å². The first kappa shape index (κ1) is 11.3. The van der Waals surface area contributed by atoms with Crippen LogP contribution < -0.4 is 4.90 Å². The summed E-state index contributed by atoms with van der Waals surface area (Å²) in [4.78, 5) is 12.9. The number of rotatable bonds is 2. The lowest BCUT2D eigenvalue weighted by atomic mass is 10.3. The van der Waals surface area contributed by atoms with Gasteiger partial charge in [0.1, 0.15) is 0 Å². The van der Waals surface area contributed by atoms with Crippen molar-refractivity contribution >= 4 is 34.8 Å². The highest BCUT2D eigenvalue weighted by Crippen LogP contribution is 2.24. The van der Waals surface area contributed by atoms with E-state index in [0.29, 0.717) is 22.2 Å². The van der Waals surface area contributed by atoms with Crippen molar-refractivity contribution in [2.24, 2.45) is 0 Å². The molecule has 1 aromatic carbocycles. The van der Waals surface area contributed by atoms with E-state index in [4.69, 9.17) is 23.2 Å². The molecule has 0 saturated carbocycles. The molecule has 14 heavy (non-hydrogen) atoms. The molecule has 0 atom stereocenters. The second-order valence-corrected chi connectivity index (χ2v) is 3.81. The molecule has 0 bridgehead atoms. The van der Waals surface area contributed by atoms with E-state index in [1.165, 1.54) is 4.90 Å². The Balaban J connectivity index is 3.00. The van der Waals surface area contributed by atoms with Gasteiger partial charge in [-0.15, -0.1) is 0 Å². The molecule has 0 aliphatic heterocycles. The summed E-state index contributed by atoms with van der Waals surface area (Å²) >= 11 is 11.6. The lowest BCUT2D eigenvalue weighted by Gasteiger charge is -2.16. The molecule has 0 aliphatic rings. The Morgan fingerprint density at radius 1 is 1.29 bits per heavy atom. The largest absolute Gasteiger partial charge is 0.315 e. The minimum Gasteiger partial charge on any atom is -0.315 e. The van der Waals surface area contributed by atoms with Crippen LogP contribution in [0.5, 0.6) is 0 Å². The molecule has 0 fully saturated rings. The van der Waals surface area contributed by atoms with E-state index in [-0.39, 0.29) is 5.91 Å². The molecule has 0 heterocycles. The van der Waals surface area contributed by atoms with Crippen LogP contribution >= 0.6 is 23.2 Å². The van der Waals surface area contributed by atoms with E-state index >= 15 is 0 Å². The minimum atomic E-state index is 0.0309. The van der Waals surface area contributed by atoms with Gasteiger partial charge in [-0.25, -0.2) is 0 Å². The number of carbonyl (C=O) groups excluding carboxylic acids is 1. The van der Waals surface area contributed by atoms with E-state index in [2.05, 4.69) is 0 Å². The number of carbonyl (C=O) groups is 1. The third-order valence-corrected chi connectivity index (χ3v) is 2.35. The Morgan fingerprint density at radius 3 is 2.21 bits per heavy atom. The van der Waals surface area contributed by atoms with Crippen LogP contribution in [-0.4, -0.2) is 13.0 Å². The number of nitrogens with zero attached hydrogens (tertiary/aromatic N) is 1. The average Bonchev–Trinajstić information content (AvgIpc) is 2.14. The van der Waals surface area contributed by atoms with E-state index in [1.54, 1.807) is 25.2 Å². The highest BCUT2D eigenvalue weighted by Gasteiger charge is 2.09.